The monoisotopic (exact) mass is 356 g/mol. The number of benzene rings is 1. The molecule has 0 saturated carbocycles. The fraction of sp³-hybridized carbons (Fsp3) is 0.450. The van der Waals surface area contributed by atoms with Crippen LogP contribution in [0.5, 0.6) is 0 Å². The Kier molecular flexibility index (Phi) is 5.20. The fourth-order valence-corrected chi connectivity index (χ4v) is 3.04. The van der Waals surface area contributed by atoms with Crippen molar-refractivity contribution in [1.82, 2.24) is 14.9 Å². The number of carbonyl (C=O) groups excluding carboxylic acids is 1. The normalized spacial score (nSPS) is 15.7. The van der Waals surface area contributed by atoms with E-state index in [1.165, 1.54) is 6.07 Å². The molecular weight excluding hydrogens is 331 g/mol. The van der Waals surface area contributed by atoms with Crippen LogP contribution in [0.25, 0.3) is 0 Å². The molecule has 0 bridgehead atoms. The Bertz CT molecular complexity index is 787. The van der Waals surface area contributed by atoms with Gasteiger partial charge in [-0.25, -0.2) is 14.4 Å². The van der Waals surface area contributed by atoms with Gasteiger partial charge >= 0.3 is 0 Å². The van der Waals surface area contributed by atoms with Gasteiger partial charge in [0.15, 0.2) is 0 Å². The summed E-state index contributed by atoms with van der Waals surface area (Å²) >= 11 is 0. The molecule has 0 unspecified atom stereocenters. The summed E-state index contributed by atoms with van der Waals surface area (Å²) in [5, 5.41) is 0. The second-order valence-corrected chi connectivity index (χ2v) is 7.60. The lowest BCUT2D eigenvalue weighted by atomic mass is 9.96. The number of hydrogen-bond donors (Lipinski definition) is 0. The van der Waals surface area contributed by atoms with Crippen molar-refractivity contribution in [3.63, 3.8) is 0 Å². The zero-order chi connectivity index (χ0) is 18.7. The van der Waals surface area contributed by atoms with E-state index in [4.69, 9.17) is 4.98 Å². The lowest BCUT2D eigenvalue weighted by molar-refractivity contribution is 0.0762. The molecule has 1 fully saturated rings. The third-order valence-electron chi connectivity index (χ3n) is 4.52. The molecule has 1 aliphatic rings. The topological polar surface area (TPSA) is 49.3 Å². The van der Waals surface area contributed by atoms with Crippen molar-refractivity contribution in [2.45, 2.75) is 32.6 Å². The fourth-order valence-electron chi connectivity index (χ4n) is 3.04. The summed E-state index contributed by atoms with van der Waals surface area (Å²) < 4.78 is 13.9. The van der Waals surface area contributed by atoms with Crippen LogP contribution in [-0.2, 0) is 5.41 Å². The zero-order valence-electron chi connectivity index (χ0n) is 15.6. The highest BCUT2D eigenvalue weighted by atomic mass is 19.1. The molecule has 1 amide bonds. The van der Waals surface area contributed by atoms with Crippen LogP contribution >= 0.6 is 0 Å². The summed E-state index contributed by atoms with van der Waals surface area (Å²) in [7, 11) is 0. The standard InChI is InChI=1S/C20H25FN4O/c1-20(2,3)19-22-10-9-17(23-19)24-11-6-12-25(14-13-24)18(26)15-7-4-5-8-16(15)21/h4-5,7-10H,6,11-14H2,1-3H3. The lowest BCUT2D eigenvalue weighted by Gasteiger charge is -2.24. The highest BCUT2D eigenvalue weighted by Crippen LogP contribution is 2.21. The molecule has 1 aromatic heterocycles. The molecule has 3 rings (SSSR count). The Morgan fingerprint density at radius 2 is 1.85 bits per heavy atom. The van der Waals surface area contributed by atoms with E-state index in [-0.39, 0.29) is 16.9 Å². The van der Waals surface area contributed by atoms with Crippen molar-refractivity contribution in [3.8, 4) is 0 Å². The Morgan fingerprint density at radius 3 is 2.58 bits per heavy atom. The molecule has 0 aliphatic carbocycles. The van der Waals surface area contributed by atoms with E-state index in [1.807, 2.05) is 6.07 Å². The van der Waals surface area contributed by atoms with Crippen molar-refractivity contribution in [2.75, 3.05) is 31.1 Å². The van der Waals surface area contributed by atoms with E-state index in [1.54, 1.807) is 29.3 Å². The summed E-state index contributed by atoms with van der Waals surface area (Å²) in [5.74, 6) is 0.968. The van der Waals surface area contributed by atoms with Crippen LogP contribution in [0.15, 0.2) is 36.5 Å². The number of amides is 1. The van der Waals surface area contributed by atoms with Gasteiger partial charge in [-0.2, -0.15) is 0 Å². The maximum absolute atomic E-state index is 13.9. The summed E-state index contributed by atoms with van der Waals surface area (Å²) in [4.78, 5) is 25.6. The smallest absolute Gasteiger partial charge is 0.256 e. The van der Waals surface area contributed by atoms with E-state index in [9.17, 15) is 9.18 Å². The molecule has 0 radical (unpaired) electrons. The van der Waals surface area contributed by atoms with Crippen LogP contribution in [0.1, 0.15) is 43.4 Å². The van der Waals surface area contributed by atoms with Gasteiger partial charge in [0.25, 0.3) is 5.91 Å². The Hall–Kier alpha value is -2.50. The Morgan fingerprint density at radius 1 is 1.08 bits per heavy atom. The quantitative estimate of drug-likeness (QED) is 0.829. The molecule has 26 heavy (non-hydrogen) atoms. The van der Waals surface area contributed by atoms with E-state index in [0.717, 1.165) is 24.6 Å². The lowest BCUT2D eigenvalue weighted by Crippen LogP contribution is -2.36. The first kappa shape index (κ1) is 18.3. The van der Waals surface area contributed by atoms with Crippen LogP contribution < -0.4 is 4.90 Å². The number of halogens is 1. The molecule has 2 heterocycles. The summed E-state index contributed by atoms with van der Waals surface area (Å²) in [6.07, 6.45) is 2.60. The maximum Gasteiger partial charge on any atom is 0.256 e. The minimum atomic E-state index is -0.468. The van der Waals surface area contributed by atoms with Gasteiger partial charge in [0.05, 0.1) is 5.56 Å². The second kappa shape index (κ2) is 7.40. The molecule has 0 spiro atoms. The molecule has 1 saturated heterocycles. The number of rotatable bonds is 2. The molecule has 2 aromatic rings. The number of carbonyl (C=O) groups is 1. The molecule has 6 heteroatoms. The largest absolute Gasteiger partial charge is 0.355 e. The van der Waals surface area contributed by atoms with E-state index in [2.05, 4.69) is 30.7 Å². The average Bonchev–Trinajstić information content (AvgIpc) is 2.87. The van der Waals surface area contributed by atoms with E-state index >= 15 is 0 Å². The number of hydrogen-bond acceptors (Lipinski definition) is 4. The highest BCUT2D eigenvalue weighted by Gasteiger charge is 2.24. The van der Waals surface area contributed by atoms with Crippen LogP contribution in [0, 0.1) is 5.82 Å². The van der Waals surface area contributed by atoms with Crippen LogP contribution in [0.3, 0.4) is 0 Å². The molecule has 138 valence electrons. The first-order valence-corrected chi connectivity index (χ1v) is 8.98. The highest BCUT2D eigenvalue weighted by molar-refractivity contribution is 5.94. The van der Waals surface area contributed by atoms with Crippen molar-refractivity contribution in [2.24, 2.45) is 0 Å². The Labute approximate surface area is 153 Å². The van der Waals surface area contributed by atoms with Crippen molar-refractivity contribution in [1.29, 1.82) is 0 Å². The minimum Gasteiger partial charge on any atom is -0.355 e. The van der Waals surface area contributed by atoms with E-state index in [0.29, 0.717) is 19.6 Å². The second-order valence-electron chi connectivity index (χ2n) is 7.60. The molecule has 1 aliphatic heterocycles. The van der Waals surface area contributed by atoms with Gasteiger partial charge < -0.3 is 9.80 Å². The Balaban J connectivity index is 1.73. The van der Waals surface area contributed by atoms with Gasteiger partial charge in [0.1, 0.15) is 17.5 Å². The van der Waals surface area contributed by atoms with Crippen molar-refractivity contribution < 1.29 is 9.18 Å². The SMILES string of the molecule is CC(C)(C)c1nccc(N2CCCN(C(=O)c3ccccc3F)CC2)n1. The number of nitrogens with zero attached hydrogens (tertiary/aromatic N) is 4. The van der Waals surface area contributed by atoms with Crippen LogP contribution in [0.2, 0.25) is 0 Å². The minimum absolute atomic E-state index is 0.116. The van der Waals surface area contributed by atoms with Gasteiger partial charge in [0, 0.05) is 37.8 Å². The van der Waals surface area contributed by atoms with Gasteiger partial charge in [-0.3, -0.25) is 4.79 Å². The van der Waals surface area contributed by atoms with Crippen molar-refractivity contribution in [3.05, 3.63) is 53.7 Å². The molecular formula is C20H25FN4O. The van der Waals surface area contributed by atoms with Gasteiger partial charge in [-0.1, -0.05) is 32.9 Å². The van der Waals surface area contributed by atoms with Gasteiger partial charge in [0.2, 0.25) is 0 Å². The third-order valence-corrected chi connectivity index (χ3v) is 4.52. The average molecular weight is 356 g/mol. The van der Waals surface area contributed by atoms with Crippen LogP contribution in [0.4, 0.5) is 10.2 Å². The molecule has 0 N–H and O–H groups in total. The predicted molar refractivity (Wildman–Crippen MR) is 99.9 cm³/mol. The van der Waals surface area contributed by atoms with Gasteiger partial charge in [-0.15, -0.1) is 0 Å². The summed E-state index contributed by atoms with van der Waals surface area (Å²) in [5.41, 5.74) is 0.0207. The summed E-state index contributed by atoms with van der Waals surface area (Å²) in [6, 6.07) is 8.06. The van der Waals surface area contributed by atoms with Crippen LogP contribution in [-0.4, -0.2) is 47.0 Å². The maximum atomic E-state index is 13.9. The first-order valence-electron chi connectivity index (χ1n) is 8.98. The number of aromatic nitrogens is 2. The molecule has 5 nitrogen and oxygen atoms in total. The van der Waals surface area contributed by atoms with E-state index < -0.39 is 5.82 Å². The molecule has 1 aromatic carbocycles. The van der Waals surface area contributed by atoms with Gasteiger partial charge in [-0.05, 0) is 24.6 Å². The number of anilines is 1. The third kappa shape index (κ3) is 4.00. The zero-order valence-corrected chi connectivity index (χ0v) is 15.6. The predicted octanol–water partition coefficient (Wildman–Crippen LogP) is 3.27. The summed E-state index contributed by atoms with van der Waals surface area (Å²) in [6.45, 7) is 8.89. The van der Waals surface area contributed by atoms with Crippen molar-refractivity contribution >= 4 is 11.7 Å². The molecule has 0 atom stereocenters. The first-order chi connectivity index (χ1) is 12.4.